The van der Waals surface area contributed by atoms with Crippen LogP contribution in [-0.2, 0) is 6.54 Å². The molecule has 1 fully saturated rings. The smallest absolute Gasteiger partial charge is 0.336 e. The number of aromatic carboxylic acids is 1. The molecule has 1 saturated heterocycles. The van der Waals surface area contributed by atoms with E-state index in [0.717, 1.165) is 42.9 Å². The lowest BCUT2D eigenvalue weighted by Gasteiger charge is -2.33. The van der Waals surface area contributed by atoms with Crippen LogP contribution in [0.4, 0.5) is 0 Å². The molecule has 6 nitrogen and oxygen atoms in total. The highest BCUT2D eigenvalue weighted by atomic mass is 16.5. The van der Waals surface area contributed by atoms with Gasteiger partial charge in [-0.2, -0.15) is 4.98 Å². The summed E-state index contributed by atoms with van der Waals surface area (Å²) in [6, 6.07) is 15.4. The number of aromatic nitrogens is 2. The predicted molar refractivity (Wildman–Crippen MR) is 105 cm³/mol. The molecule has 2 heterocycles. The fraction of sp³-hybridized carbons (Fsp3) is 0.318. The second-order valence-corrected chi connectivity index (χ2v) is 7.20. The minimum Gasteiger partial charge on any atom is -0.478 e. The Labute approximate surface area is 163 Å². The first-order valence-corrected chi connectivity index (χ1v) is 9.58. The Morgan fingerprint density at radius 3 is 2.68 bits per heavy atom. The van der Waals surface area contributed by atoms with E-state index in [-0.39, 0.29) is 6.04 Å². The van der Waals surface area contributed by atoms with Gasteiger partial charge in [-0.05, 0) is 42.1 Å². The van der Waals surface area contributed by atoms with Crippen molar-refractivity contribution in [3.63, 3.8) is 0 Å². The number of hydrogen-bond donors (Lipinski definition) is 1. The Hall–Kier alpha value is -2.99. The number of likely N-dealkylation sites (tertiary alicyclic amines) is 1. The van der Waals surface area contributed by atoms with Gasteiger partial charge >= 0.3 is 5.97 Å². The predicted octanol–water partition coefficient (Wildman–Crippen LogP) is 4.47. The normalized spacial score (nSPS) is 17.5. The molecule has 0 amide bonds. The molecule has 1 aromatic heterocycles. The third-order valence-electron chi connectivity index (χ3n) is 5.26. The lowest BCUT2D eigenvalue weighted by Crippen LogP contribution is -2.33. The third-order valence-corrected chi connectivity index (χ3v) is 5.26. The van der Waals surface area contributed by atoms with Crippen LogP contribution in [-0.4, -0.2) is 32.7 Å². The van der Waals surface area contributed by atoms with Gasteiger partial charge in [-0.15, -0.1) is 0 Å². The zero-order chi connectivity index (χ0) is 19.5. The third kappa shape index (κ3) is 3.82. The summed E-state index contributed by atoms with van der Waals surface area (Å²) in [4.78, 5) is 18.3. The lowest BCUT2D eigenvalue weighted by atomic mass is 9.97. The lowest BCUT2D eigenvalue weighted by molar-refractivity contribution is 0.0697. The maximum atomic E-state index is 11.5. The Kier molecular flexibility index (Phi) is 5.21. The van der Waals surface area contributed by atoms with Crippen LogP contribution in [0.15, 0.2) is 53.1 Å². The molecule has 0 aliphatic carbocycles. The summed E-state index contributed by atoms with van der Waals surface area (Å²) < 4.78 is 5.18. The molecule has 6 heteroatoms. The largest absolute Gasteiger partial charge is 0.478 e. The van der Waals surface area contributed by atoms with E-state index in [1.807, 2.05) is 31.2 Å². The molecule has 0 bridgehead atoms. The first kappa shape index (κ1) is 18.4. The van der Waals surface area contributed by atoms with Crippen molar-refractivity contribution in [2.24, 2.45) is 0 Å². The summed E-state index contributed by atoms with van der Waals surface area (Å²) in [7, 11) is 0. The van der Waals surface area contributed by atoms with Gasteiger partial charge in [0.15, 0.2) is 5.82 Å². The second kappa shape index (κ2) is 7.94. The van der Waals surface area contributed by atoms with E-state index < -0.39 is 5.97 Å². The average molecular weight is 377 g/mol. The Morgan fingerprint density at radius 2 is 1.96 bits per heavy atom. The van der Waals surface area contributed by atoms with Crippen LogP contribution in [0.1, 0.15) is 52.9 Å². The number of hydrogen-bond acceptors (Lipinski definition) is 5. The van der Waals surface area contributed by atoms with Crippen molar-refractivity contribution in [1.29, 1.82) is 0 Å². The molecule has 0 spiro atoms. The zero-order valence-electron chi connectivity index (χ0n) is 15.8. The summed E-state index contributed by atoms with van der Waals surface area (Å²) in [5.74, 6) is 0.456. The van der Waals surface area contributed by atoms with Gasteiger partial charge in [0.25, 0.3) is 0 Å². The molecular formula is C22H23N3O3. The van der Waals surface area contributed by atoms with Gasteiger partial charge in [0, 0.05) is 13.5 Å². The van der Waals surface area contributed by atoms with Crippen molar-refractivity contribution in [1.82, 2.24) is 15.0 Å². The number of aryl methyl sites for hydroxylation is 1. The van der Waals surface area contributed by atoms with Gasteiger partial charge < -0.3 is 9.63 Å². The Bertz CT molecular complexity index is 965. The first-order chi connectivity index (χ1) is 13.6. The fourth-order valence-corrected chi connectivity index (χ4v) is 3.87. The second-order valence-electron chi connectivity index (χ2n) is 7.20. The molecule has 144 valence electrons. The quantitative estimate of drug-likeness (QED) is 0.707. The summed E-state index contributed by atoms with van der Waals surface area (Å²) >= 11 is 0. The van der Waals surface area contributed by atoms with Gasteiger partial charge in [0.05, 0.1) is 11.6 Å². The summed E-state index contributed by atoms with van der Waals surface area (Å²) in [5.41, 5.74) is 3.15. The molecule has 28 heavy (non-hydrogen) atoms. The number of rotatable bonds is 5. The van der Waals surface area contributed by atoms with Crippen LogP contribution in [0.5, 0.6) is 0 Å². The van der Waals surface area contributed by atoms with Crippen molar-refractivity contribution in [2.45, 2.75) is 38.8 Å². The summed E-state index contributed by atoms with van der Waals surface area (Å²) in [6.45, 7) is 3.62. The molecule has 1 N–H and O–H groups in total. The van der Waals surface area contributed by atoms with Gasteiger partial charge in [0.1, 0.15) is 0 Å². The van der Waals surface area contributed by atoms with Gasteiger partial charge in [-0.25, -0.2) is 4.79 Å². The van der Waals surface area contributed by atoms with Crippen LogP contribution in [0.2, 0.25) is 0 Å². The highest BCUT2D eigenvalue weighted by molar-refractivity contribution is 5.95. The number of carbonyl (C=O) groups is 1. The molecule has 1 atom stereocenters. The number of carboxylic acid groups (broad SMARTS) is 1. The molecule has 4 rings (SSSR count). The van der Waals surface area contributed by atoms with E-state index >= 15 is 0 Å². The van der Waals surface area contributed by atoms with Gasteiger partial charge in [-0.3, -0.25) is 4.90 Å². The monoisotopic (exact) mass is 377 g/mol. The van der Waals surface area contributed by atoms with E-state index in [4.69, 9.17) is 4.52 Å². The minimum atomic E-state index is -0.911. The summed E-state index contributed by atoms with van der Waals surface area (Å²) in [5, 5.41) is 13.5. The maximum Gasteiger partial charge on any atom is 0.336 e. The van der Waals surface area contributed by atoms with Crippen molar-refractivity contribution >= 4 is 5.97 Å². The minimum absolute atomic E-state index is 0.179. The van der Waals surface area contributed by atoms with E-state index in [1.54, 1.807) is 12.1 Å². The van der Waals surface area contributed by atoms with Gasteiger partial charge in [0.2, 0.25) is 5.89 Å². The number of carboxylic acids is 1. The molecule has 1 aliphatic heterocycles. The van der Waals surface area contributed by atoms with Crippen molar-refractivity contribution in [3.05, 3.63) is 71.4 Å². The van der Waals surface area contributed by atoms with Gasteiger partial charge in [-0.1, -0.05) is 54.0 Å². The van der Waals surface area contributed by atoms with Crippen LogP contribution in [0.25, 0.3) is 11.1 Å². The van der Waals surface area contributed by atoms with Crippen LogP contribution >= 0.6 is 0 Å². The SMILES string of the molecule is Cc1nc([C@@H]2CCCCN2Cc2ccc(-c3ccccc3C(=O)O)cc2)no1. The maximum absolute atomic E-state index is 11.5. The molecular weight excluding hydrogens is 354 g/mol. The van der Waals surface area contributed by atoms with E-state index in [0.29, 0.717) is 11.5 Å². The Morgan fingerprint density at radius 1 is 1.18 bits per heavy atom. The number of nitrogens with zero attached hydrogens (tertiary/aromatic N) is 3. The standard InChI is InChI=1S/C22H23N3O3/c1-15-23-21(24-28-15)20-8-4-5-13-25(20)14-16-9-11-17(12-10-16)18-6-2-3-7-19(18)22(26)27/h2-3,6-7,9-12,20H,4-5,8,13-14H2,1H3,(H,26,27)/t20-/m0/s1. The average Bonchev–Trinajstić information content (AvgIpc) is 3.15. The fourth-order valence-electron chi connectivity index (χ4n) is 3.87. The topological polar surface area (TPSA) is 79.5 Å². The van der Waals surface area contributed by atoms with Crippen molar-refractivity contribution in [3.8, 4) is 11.1 Å². The Balaban J connectivity index is 1.53. The van der Waals surface area contributed by atoms with Crippen molar-refractivity contribution < 1.29 is 14.4 Å². The molecule has 0 unspecified atom stereocenters. The molecule has 1 aliphatic rings. The van der Waals surface area contributed by atoms with E-state index in [9.17, 15) is 9.90 Å². The van der Waals surface area contributed by atoms with Crippen LogP contribution in [0.3, 0.4) is 0 Å². The number of piperidine rings is 1. The highest BCUT2D eigenvalue weighted by Gasteiger charge is 2.27. The highest BCUT2D eigenvalue weighted by Crippen LogP contribution is 2.31. The summed E-state index contributed by atoms with van der Waals surface area (Å²) in [6.07, 6.45) is 3.36. The van der Waals surface area contributed by atoms with Crippen molar-refractivity contribution in [2.75, 3.05) is 6.54 Å². The van der Waals surface area contributed by atoms with E-state index in [2.05, 4.69) is 27.2 Å². The van der Waals surface area contributed by atoms with E-state index in [1.165, 1.54) is 12.0 Å². The molecule has 3 aromatic rings. The zero-order valence-corrected chi connectivity index (χ0v) is 15.8. The number of benzene rings is 2. The molecule has 2 aromatic carbocycles. The van der Waals surface area contributed by atoms with Crippen LogP contribution < -0.4 is 0 Å². The molecule has 0 saturated carbocycles. The first-order valence-electron chi connectivity index (χ1n) is 9.58. The van der Waals surface area contributed by atoms with Crippen LogP contribution in [0, 0.1) is 6.92 Å². The molecule has 0 radical (unpaired) electrons.